The number of carboxylic acid groups (broad SMARTS) is 1. The molecule has 0 bridgehead atoms. The van der Waals surface area contributed by atoms with Crippen molar-refractivity contribution in [3.05, 3.63) is 11.7 Å². The lowest BCUT2D eigenvalue weighted by Gasteiger charge is -2.22. The summed E-state index contributed by atoms with van der Waals surface area (Å²) in [6.45, 7) is 5.88. The molecule has 106 valence electrons. The highest BCUT2D eigenvalue weighted by Gasteiger charge is 2.43. The summed E-state index contributed by atoms with van der Waals surface area (Å²) in [6.07, 6.45) is 3.15. The van der Waals surface area contributed by atoms with Gasteiger partial charge in [0, 0.05) is 13.0 Å². The maximum absolute atomic E-state index is 11.4. The van der Waals surface area contributed by atoms with Crippen LogP contribution in [-0.2, 0) is 17.8 Å². The van der Waals surface area contributed by atoms with Gasteiger partial charge >= 0.3 is 5.97 Å². The fourth-order valence-corrected chi connectivity index (χ4v) is 2.58. The summed E-state index contributed by atoms with van der Waals surface area (Å²) in [5.74, 6) is 0.618. The number of aromatic nitrogens is 2. The SMILES string of the molecule is CCCc1noc(CN2CCC(CC)(C(=O)O)C2)n1. The smallest absolute Gasteiger partial charge is 0.310 e. The van der Waals surface area contributed by atoms with Crippen LogP contribution in [-0.4, -0.2) is 39.2 Å². The summed E-state index contributed by atoms with van der Waals surface area (Å²) in [4.78, 5) is 17.8. The van der Waals surface area contributed by atoms with Gasteiger partial charge in [0.1, 0.15) is 0 Å². The molecular weight excluding hydrogens is 246 g/mol. The number of rotatable bonds is 6. The second-order valence-corrected chi connectivity index (χ2v) is 5.25. The molecule has 1 N–H and O–H groups in total. The van der Waals surface area contributed by atoms with Crippen molar-refractivity contribution >= 4 is 5.97 Å². The standard InChI is InChI=1S/C13H21N3O3/c1-3-5-10-14-11(19-15-10)8-16-7-6-13(4-2,9-16)12(17)18/h3-9H2,1-2H3,(H,17,18). The van der Waals surface area contributed by atoms with E-state index in [4.69, 9.17) is 4.52 Å². The lowest BCUT2D eigenvalue weighted by Crippen LogP contribution is -2.33. The Bertz CT molecular complexity index is 446. The van der Waals surface area contributed by atoms with Crippen LogP contribution in [0.25, 0.3) is 0 Å². The van der Waals surface area contributed by atoms with Gasteiger partial charge in [-0.1, -0.05) is 19.0 Å². The summed E-state index contributed by atoms with van der Waals surface area (Å²) in [7, 11) is 0. The highest BCUT2D eigenvalue weighted by Crippen LogP contribution is 2.34. The highest BCUT2D eigenvalue weighted by molar-refractivity contribution is 5.75. The first-order chi connectivity index (χ1) is 9.09. The zero-order valence-corrected chi connectivity index (χ0v) is 11.6. The fourth-order valence-electron chi connectivity index (χ4n) is 2.58. The molecule has 1 aromatic rings. The zero-order chi connectivity index (χ0) is 13.9. The van der Waals surface area contributed by atoms with Crippen LogP contribution in [0.1, 0.15) is 44.8 Å². The Labute approximate surface area is 112 Å². The highest BCUT2D eigenvalue weighted by atomic mass is 16.5. The van der Waals surface area contributed by atoms with E-state index in [2.05, 4.69) is 22.0 Å². The molecular formula is C13H21N3O3. The average Bonchev–Trinajstić information content (AvgIpc) is 2.98. The van der Waals surface area contributed by atoms with Gasteiger partial charge in [0.15, 0.2) is 5.82 Å². The molecule has 0 spiro atoms. The summed E-state index contributed by atoms with van der Waals surface area (Å²) >= 11 is 0. The summed E-state index contributed by atoms with van der Waals surface area (Å²) in [5, 5.41) is 13.3. The van der Waals surface area contributed by atoms with Crippen LogP contribution in [0, 0.1) is 5.41 Å². The predicted octanol–water partition coefficient (Wildman–Crippen LogP) is 1.71. The van der Waals surface area contributed by atoms with Gasteiger partial charge in [-0.3, -0.25) is 9.69 Å². The number of carbonyl (C=O) groups is 1. The fraction of sp³-hybridized carbons (Fsp3) is 0.769. The minimum absolute atomic E-state index is 0.547. The molecule has 1 unspecified atom stereocenters. The Morgan fingerprint density at radius 1 is 1.53 bits per heavy atom. The third-order valence-electron chi connectivity index (χ3n) is 3.91. The van der Waals surface area contributed by atoms with Gasteiger partial charge < -0.3 is 9.63 Å². The number of aliphatic carboxylic acids is 1. The molecule has 1 fully saturated rings. The molecule has 0 aliphatic carbocycles. The van der Waals surface area contributed by atoms with Gasteiger partial charge in [-0.25, -0.2) is 0 Å². The number of hydrogen-bond acceptors (Lipinski definition) is 5. The number of likely N-dealkylation sites (tertiary alicyclic amines) is 1. The molecule has 1 aliphatic rings. The topological polar surface area (TPSA) is 79.5 Å². The largest absolute Gasteiger partial charge is 0.481 e. The van der Waals surface area contributed by atoms with Crippen LogP contribution >= 0.6 is 0 Å². The Hall–Kier alpha value is -1.43. The molecule has 6 nitrogen and oxygen atoms in total. The van der Waals surface area contributed by atoms with E-state index < -0.39 is 11.4 Å². The monoisotopic (exact) mass is 267 g/mol. The van der Waals surface area contributed by atoms with E-state index in [0.29, 0.717) is 31.8 Å². The molecule has 1 aliphatic heterocycles. The van der Waals surface area contributed by atoms with Crippen LogP contribution in [0.5, 0.6) is 0 Å². The molecule has 0 amide bonds. The molecule has 0 radical (unpaired) electrons. The van der Waals surface area contributed by atoms with Crippen molar-refractivity contribution in [2.45, 2.75) is 46.1 Å². The predicted molar refractivity (Wildman–Crippen MR) is 68.5 cm³/mol. The van der Waals surface area contributed by atoms with Gasteiger partial charge in [-0.15, -0.1) is 0 Å². The third kappa shape index (κ3) is 2.94. The second-order valence-electron chi connectivity index (χ2n) is 5.25. The molecule has 0 aromatic carbocycles. The number of hydrogen-bond donors (Lipinski definition) is 1. The van der Waals surface area contributed by atoms with E-state index in [1.807, 2.05) is 6.92 Å². The van der Waals surface area contributed by atoms with E-state index >= 15 is 0 Å². The molecule has 1 atom stereocenters. The number of aryl methyl sites for hydroxylation is 1. The molecule has 19 heavy (non-hydrogen) atoms. The zero-order valence-electron chi connectivity index (χ0n) is 11.6. The third-order valence-corrected chi connectivity index (χ3v) is 3.91. The van der Waals surface area contributed by atoms with E-state index in [1.54, 1.807) is 0 Å². The van der Waals surface area contributed by atoms with Crippen LogP contribution in [0.2, 0.25) is 0 Å². The molecule has 0 saturated carbocycles. The molecule has 6 heteroatoms. The van der Waals surface area contributed by atoms with E-state index in [-0.39, 0.29) is 0 Å². The molecule has 1 saturated heterocycles. The van der Waals surface area contributed by atoms with Crippen molar-refractivity contribution < 1.29 is 14.4 Å². The lowest BCUT2D eigenvalue weighted by molar-refractivity contribution is -0.148. The molecule has 2 rings (SSSR count). The first-order valence-corrected chi connectivity index (χ1v) is 6.87. The van der Waals surface area contributed by atoms with E-state index in [0.717, 1.165) is 25.2 Å². The normalized spacial score (nSPS) is 23.9. The van der Waals surface area contributed by atoms with Crippen molar-refractivity contribution in [3.63, 3.8) is 0 Å². The Morgan fingerprint density at radius 2 is 2.32 bits per heavy atom. The van der Waals surface area contributed by atoms with E-state index in [1.165, 1.54) is 0 Å². The van der Waals surface area contributed by atoms with Crippen LogP contribution in [0.4, 0.5) is 0 Å². The van der Waals surface area contributed by atoms with Crippen molar-refractivity contribution in [2.75, 3.05) is 13.1 Å². The van der Waals surface area contributed by atoms with Crippen LogP contribution in [0.15, 0.2) is 4.52 Å². The Kier molecular flexibility index (Phi) is 4.19. The number of nitrogens with zero attached hydrogens (tertiary/aromatic N) is 3. The quantitative estimate of drug-likeness (QED) is 0.845. The Balaban J connectivity index is 1.95. The van der Waals surface area contributed by atoms with Crippen molar-refractivity contribution in [1.82, 2.24) is 15.0 Å². The van der Waals surface area contributed by atoms with Gasteiger partial charge in [0.2, 0.25) is 5.89 Å². The van der Waals surface area contributed by atoms with Crippen LogP contribution < -0.4 is 0 Å². The van der Waals surface area contributed by atoms with Gasteiger partial charge in [0.05, 0.1) is 12.0 Å². The lowest BCUT2D eigenvalue weighted by atomic mass is 9.84. The van der Waals surface area contributed by atoms with Gasteiger partial charge in [0.25, 0.3) is 0 Å². The number of carboxylic acids is 1. The maximum Gasteiger partial charge on any atom is 0.310 e. The second kappa shape index (κ2) is 5.69. The van der Waals surface area contributed by atoms with Gasteiger partial charge in [-0.2, -0.15) is 4.98 Å². The molecule has 2 heterocycles. The first-order valence-electron chi connectivity index (χ1n) is 6.87. The Morgan fingerprint density at radius 3 is 2.89 bits per heavy atom. The average molecular weight is 267 g/mol. The minimum atomic E-state index is -0.699. The van der Waals surface area contributed by atoms with E-state index in [9.17, 15) is 9.90 Å². The van der Waals surface area contributed by atoms with Crippen molar-refractivity contribution in [1.29, 1.82) is 0 Å². The van der Waals surface area contributed by atoms with Crippen molar-refractivity contribution in [2.24, 2.45) is 5.41 Å². The first kappa shape index (κ1) is 14.0. The maximum atomic E-state index is 11.4. The van der Waals surface area contributed by atoms with Crippen LogP contribution in [0.3, 0.4) is 0 Å². The minimum Gasteiger partial charge on any atom is -0.481 e. The summed E-state index contributed by atoms with van der Waals surface area (Å²) in [5.41, 5.74) is -0.605. The molecule has 1 aromatic heterocycles. The van der Waals surface area contributed by atoms with Gasteiger partial charge in [-0.05, 0) is 25.8 Å². The summed E-state index contributed by atoms with van der Waals surface area (Å²) < 4.78 is 5.19. The van der Waals surface area contributed by atoms with Crippen molar-refractivity contribution in [3.8, 4) is 0 Å². The summed E-state index contributed by atoms with van der Waals surface area (Å²) in [6, 6.07) is 0.